The average molecular weight is 212 g/mol. The highest BCUT2D eigenvalue weighted by atomic mass is 35.5. The third-order valence-corrected chi connectivity index (χ3v) is 3.06. The maximum absolute atomic E-state index is 9.73. The molecule has 0 amide bonds. The van der Waals surface area contributed by atoms with Gasteiger partial charge in [0.1, 0.15) is 0 Å². The lowest BCUT2D eigenvalue weighted by Gasteiger charge is -2.17. The molecule has 1 aromatic rings. The summed E-state index contributed by atoms with van der Waals surface area (Å²) in [6.45, 7) is 0. The van der Waals surface area contributed by atoms with Crippen molar-refractivity contribution in [2.75, 3.05) is 0 Å². The molecule has 2 rings (SSSR count). The highest BCUT2D eigenvalue weighted by molar-refractivity contribution is 6.30. The quantitative estimate of drug-likeness (QED) is 0.646. The second-order valence-electron chi connectivity index (χ2n) is 3.83. The number of nitrogens with two attached hydrogens (primary N) is 1. The minimum Gasteiger partial charge on any atom is -0.391 e. The van der Waals surface area contributed by atoms with Crippen LogP contribution in [0.2, 0.25) is 5.02 Å². The molecule has 0 fully saturated rings. The molecule has 1 aliphatic carbocycles. The molecule has 0 saturated carbocycles. The number of aliphatic hydroxyl groups is 1. The second-order valence-corrected chi connectivity index (χ2v) is 4.26. The third kappa shape index (κ3) is 1.78. The van der Waals surface area contributed by atoms with Crippen LogP contribution in [-0.2, 0) is 6.42 Å². The van der Waals surface area contributed by atoms with E-state index in [0.717, 1.165) is 24.8 Å². The van der Waals surface area contributed by atoms with Crippen molar-refractivity contribution in [3.63, 3.8) is 0 Å². The first-order valence-corrected chi connectivity index (χ1v) is 5.28. The molecular weight excluding hydrogens is 198 g/mol. The molecule has 0 aliphatic heterocycles. The summed E-state index contributed by atoms with van der Waals surface area (Å²) in [7, 11) is 0. The molecule has 0 saturated heterocycles. The number of hydrogen-bond acceptors (Lipinski definition) is 2. The van der Waals surface area contributed by atoms with Gasteiger partial charge in [-0.15, -0.1) is 0 Å². The summed E-state index contributed by atoms with van der Waals surface area (Å²) in [5.74, 6) is 0. The summed E-state index contributed by atoms with van der Waals surface area (Å²) in [5.41, 5.74) is 8.17. The summed E-state index contributed by atoms with van der Waals surface area (Å²) in [6.07, 6.45) is 2.31. The van der Waals surface area contributed by atoms with Crippen molar-refractivity contribution in [3.8, 4) is 0 Å². The number of fused-ring (bicyclic) bond motifs is 1. The molecular formula is C11H14ClNO. The van der Waals surface area contributed by atoms with E-state index in [-0.39, 0.29) is 6.04 Å². The summed E-state index contributed by atoms with van der Waals surface area (Å²) >= 11 is 5.91. The van der Waals surface area contributed by atoms with E-state index in [4.69, 9.17) is 17.3 Å². The van der Waals surface area contributed by atoms with Gasteiger partial charge in [-0.2, -0.15) is 0 Å². The zero-order valence-electron chi connectivity index (χ0n) is 7.91. The van der Waals surface area contributed by atoms with Crippen LogP contribution in [0.25, 0.3) is 0 Å². The van der Waals surface area contributed by atoms with Crippen molar-refractivity contribution in [3.05, 3.63) is 34.3 Å². The standard InChI is InChI=1S/C11H14ClNO/c12-8-5-4-7-2-1-3-10(14)11(13)9(7)6-8/h4-6,10-11,14H,1-3,13H2. The van der Waals surface area contributed by atoms with Crippen LogP contribution in [-0.4, -0.2) is 11.2 Å². The monoisotopic (exact) mass is 211 g/mol. The van der Waals surface area contributed by atoms with Gasteiger partial charge in [0.15, 0.2) is 0 Å². The molecule has 0 radical (unpaired) electrons. The Morgan fingerprint density at radius 3 is 3.00 bits per heavy atom. The van der Waals surface area contributed by atoms with Crippen molar-refractivity contribution in [1.29, 1.82) is 0 Å². The molecule has 3 N–H and O–H groups in total. The predicted octanol–water partition coefficient (Wildman–Crippen LogP) is 2.04. The van der Waals surface area contributed by atoms with E-state index in [0.29, 0.717) is 5.02 Å². The van der Waals surface area contributed by atoms with Crippen LogP contribution < -0.4 is 5.73 Å². The van der Waals surface area contributed by atoms with Gasteiger partial charge in [0, 0.05) is 5.02 Å². The Balaban J connectivity index is 2.44. The first kappa shape index (κ1) is 9.97. The lowest BCUT2D eigenvalue weighted by molar-refractivity contribution is 0.136. The zero-order chi connectivity index (χ0) is 10.1. The van der Waals surface area contributed by atoms with Gasteiger partial charge in [-0.05, 0) is 42.5 Å². The van der Waals surface area contributed by atoms with Gasteiger partial charge in [0.25, 0.3) is 0 Å². The third-order valence-electron chi connectivity index (χ3n) is 2.83. The zero-order valence-corrected chi connectivity index (χ0v) is 8.67. The Kier molecular flexibility index (Phi) is 2.77. The van der Waals surface area contributed by atoms with Crippen LogP contribution in [0.4, 0.5) is 0 Å². The highest BCUT2D eigenvalue weighted by Gasteiger charge is 2.22. The molecule has 1 aliphatic rings. The van der Waals surface area contributed by atoms with E-state index in [9.17, 15) is 5.11 Å². The van der Waals surface area contributed by atoms with Crippen LogP contribution in [0.3, 0.4) is 0 Å². The number of halogens is 1. The second kappa shape index (κ2) is 3.89. The Labute approximate surface area is 88.7 Å². The predicted molar refractivity (Wildman–Crippen MR) is 57.3 cm³/mol. The Hall–Kier alpha value is -0.570. The van der Waals surface area contributed by atoms with Gasteiger partial charge in [-0.1, -0.05) is 17.7 Å². The summed E-state index contributed by atoms with van der Waals surface area (Å²) in [5, 5.41) is 10.4. The molecule has 14 heavy (non-hydrogen) atoms. The first-order chi connectivity index (χ1) is 6.68. The fraction of sp³-hybridized carbons (Fsp3) is 0.455. The van der Waals surface area contributed by atoms with Gasteiger partial charge in [0.2, 0.25) is 0 Å². The van der Waals surface area contributed by atoms with Crippen molar-refractivity contribution < 1.29 is 5.11 Å². The highest BCUT2D eigenvalue weighted by Crippen LogP contribution is 2.29. The Morgan fingerprint density at radius 2 is 2.21 bits per heavy atom. The van der Waals surface area contributed by atoms with E-state index in [2.05, 4.69) is 0 Å². The molecule has 2 atom stereocenters. The van der Waals surface area contributed by atoms with Crippen molar-refractivity contribution >= 4 is 11.6 Å². The normalized spacial score (nSPS) is 26.8. The van der Waals surface area contributed by atoms with E-state index >= 15 is 0 Å². The van der Waals surface area contributed by atoms with Crippen LogP contribution in [0.5, 0.6) is 0 Å². The van der Waals surface area contributed by atoms with E-state index in [1.165, 1.54) is 5.56 Å². The summed E-state index contributed by atoms with van der Waals surface area (Å²) in [4.78, 5) is 0. The number of aliphatic hydroxyl groups excluding tert-OH is 1. The Morgan fingerprint density at radius 1 is 1.43 bits per heavy atom. The lowest BCUT2D eigenvalue weighted by atomic mass is 9.99. The van der Waals surface area contributed by atoms with Crippen molar-refractivity contribution in [2.24, 2.45) is 5.73 Å². The number of hydrogen-bond donors (Lipinski definition) is 2. The van der Waals surface area contributed by atoms with Crippen LogP contribution in [0.15, 0.2) is 18.2 Å². The maximum atomic E-state index is 9.73. The molecule has 0 bridgehead atoms. The molecule has 3 heteroatoms. The van der Waals surface area contributed by atoms with Crippen LogP contribution in [0, 0.1) is 0 Å². The van der Waals surface area contributed by atoms with Gasteiger partial charge >= 0.3 is 0 Å². The first-order valence-electron chi connectivity index (χ1n) is 4.90. The smallest absolute Gasteiger partial charge is 0.0733 e. The largest absolute Gasteiger partial charge is 0.391 e. The SMILES string of the molecule is NC1c2cc(Cl)ccc2CCCC1O. The number of benzene rings is 1. The van der Waals surface area contributed by atoms with Crippen molar-refractivity contribution in [1.82, 2.24) is 0 Å². The molecule has 0 spiro atoms. The molecule has 0 aromatic heterocycles. The van der Waals surface area contributed by atoms with E-state index < -0.39 is 6.10 Å². The molecule has 2 unspecified atom stereocenters. The van der Waals surface area contributed by atoms with Crippen LogP contribution >= 0.6 is 11.6 Å². The maximum Gasteiger partial charge on any atom is 0.0733 e. The molecule has 2 nitrogen and oxygen atoms in total. The van der Waals surface area contributed by atoms with Crippen molar-refractivity contribution in [2.45, 2.75) is 31.4 Å². The van der Waals surface area contributed by atoms with Gasteiger partial charge < -0.3 is 10.8 Å². The fourth-order valence-electron chi connectivity index (χ4n) is 1.99. The van der Waals surface area contributed by atoms with Gasteiger partial charge in [-0.25, -0.2) is 0 Å². The minimum absolute atomic E-state index is 0.286. The van der Waals surface area contributed by atoms with Gasteiger partial charge in [-0.3, -0.25) is 0 Å². The summed E-state index contributed by atoms with van der Waals surface area (Å²) in [6, 6.07) is 5.47. The Bertz CT molecular complexity index is 340. The van der Waals surface area contributed by atoms with Gasteiger partial charge in [0.05, 0.1) is 12.1 Å². The van der Waals surface area contributed by atoms with E-state index in [1.807, 2.05) is 18.2 Å². The minimum atomic E-state index is -0.435. The average Bonchev–Trinajstić information content (AvgIpc) is 2.30. The molecule has 1 aromatic carbocycles. The topological polar surface area (TPSA) is 46.2 Å². The summed E-state index contributed by atoms with van der Waals surface area (Å²) < 4.78 is 0. The number of rotatable bonds is 0. The molecule has 76 valence electrons. The lowest BCUT2D eigenvalue weighted by Crippen LogP contribution is -2.25. The number of aryl methyl sites for hydroxylation is 1. The van der Waals surface area contributed by atoms with Crippen LogP contribution in [0.1, 0.15) is 30.0 Å². The van der Waals surface area contributed by atoms with E-state index in [1.54, 1.807) is 0 Å². The fourth-order valence-corrected chi connectivity index (χ4v) is 2.17. The molecule has 0 heterocycles.